The number of piperidine rings is 1. The monoisotopic (exact) mass is 411 g/mol. The van der Waals surface area contributed by atoms with Gasteiger partial charge in [-0.3, -0.25) is 9.59 Å². The third-order valence-electron chi connectivity index (χ3n) is 6.12. The normalized spacial score (nSPS) is 19.8. The lowest BCUT2D eigenvalue weighted by Crippen LogP contribution is -2.37. The number of aliphatic hydroxyl groups excluding tert-OH is 1. The van der Waals surface area contributed by atoms with E-state index < -0.39 is 5.91 Å². The molecular weight excluding hydrogens is 378 g/mol. The van der Waals surface area contributed by atoms with Crippen LogP contribution in [0.4, 0.5) is 11.4 Å². The number of Topliss-reactive ketones (excluding diaryl/α,β-unsaturated/α-hetero) is 1. The van der Waals surface area contributed by atoms with Crippen LogP contribution in [0.2, 0.25) is 0 Å². The van der Waals surface area contributed by atoms with Crippen LogP contribution < -0.4 is 15.5 Å². The van der Waals surface area contributed by atoms with Gasteiger partial charge in [-0.15, -0.1) is 0 Å². The number of anilines is 2. The quantitative estimate of drug-likeness (QED) is 0.775. The second-order valence-corrected chi connectivity index (χ2v) is 9.39. The Kier molecular flexibility index (Phi) is 6.09. The zero-order chi connectivity index (χ0) is 22.2. The predicted octanol–water partition coefficient (Wildman–Crippen LogP) is 3.40. The molecule has 0 atom stereocenters. The molecule has 1 saturated heterocycles. The molecule has 1 aliphatic heterocycles. The number of primary amides is 1. The van der Waals surface area contributed by atoms with Crippen LogP contribution in [0, 0.1) is 5.41 Å². The molecule has 0 radical (unpaired) electrons. The molecule has 1 fully saturated rings. The summed E-state index contributed by atoms with van der Waals surface area (Å²) in [5.41, 5.74) is 10.1. The lowest BCUT2D eigenvalue weighted by Gasteiger charge is -2.38. The number of benzene rings is 1. The lowest BCUT2D eigenvalue weighted by molar-refractivity contribution is -0.117. The smallest absolute Gasteiger partial charge is 0.250 e. The summed E-state index contributed by atoms with van der Waals surface area (Å²) in [4.78, 5) is 29.0. The highest BCUT2D eigenvalue weighted by molar-refractivity contribution is 6.02. The number of hydrogen-bond donors (Lipinski definition) is 2. The molecule has 6 nitrogen and oxygen atoms in total. The number of carbonyl (C=O) groups excluding carboxylic acids is 2. The maximum absolute atomic E-state index is 12.8. The first kappa shape index (κ1) is 22.1. The van der Waals surface area contributed by atoms with Crippen molar-refractivity contribution in [2.75, 3.05) is 29.9 Å². The molecule has 0 unspecified atom stereocenters. The Bertz CT molecular complexity index is 908. The molecule has 0 bridgehead atoms. The van der Waals surface area contributed by atoms with Gasteiger partial charge in [0, 0.05) is 43.5 Å². The van der Waals surface area contributed by atoms with Crippen LogP contribution in [0.15, 0.2) is 41.6 Å². The van der Waals surface area contributed by atoms with Crippen LogP contribution in [-0.2, 0) is 4.79 Å². The van der Waals surface area contributed by atoms with E-state index in [1.54, 1.807) is 6.07 Å². The van der Waals surface area contributed by atoms with Gasteiger partial charge in [-0.2, -0.15) is 0 Å². The number of nitrogens with zero attached hydrogens (tertiary/aromatic N) is 2. The fourth-order valence-electron chi connectivity index (χ4n) is 4.52. The third-order valence-corrected chi connectivity index (χ3v) is 6.12. The Morgan fingerprint density at radius 2 is 1.90 bits per heavy atom. The van der Waals surface area contributed by atoms with Crippen LogP contribution in [0.3, 0.4) is 0 Å². The van der Waals surface area contributed by atoms with Crippen molar-refractivity contribution in [3.05, 3.63) is 47.2 Å². The first-order valence-electron chi connectivity index (χ1n) is 10.5. The molecule has 0 spiro atoms. The number of ketones is 1. The number of rotatable bonds is 5. The molecule has 1 aliphatic carbocycles. The van der Waals surface area contributed by atoms with Gasteiger partial charge >= 0.3 is 0 Å². The molecule has 1 aromatic rings. The molecule has 1 aromatic carbocycles. The van der Waals surface area contributed by atoms with Crippen molar-refractivity contribution >= 4 is 23.1 Å². The second-order valence-electron chi connectivity index (χ2n) is 9.39. The fourth-order valence-corrected chi connectivity index (χ4v) is 4.52. The summed E-state index contributed by atoms with van der Waals surface area (Å²) < 4.78 is 0. The van der Waals surface area contributed by atoms with Gasteiger partial charge in [-0.25, -0.2) is 0 Å². The number of allylic oxidation sites excluding steroid dienone is 3. The average Bonchev–Trinajstić information content (AvgIpc) is 2.65. The summed E-state index contributed by atoms with van der Waals surface area (Å²) in [6.45, 7) is 11.5. The van der Waals surface area contributed by atoms with Crippen molar-refractivity contribution < 1.29 is 14.7 Å². The topological polar surface area (TPSA) is 86.9 Å². The number of aliphatic hydroxyl groups is 1. The molecule has 0 aromatic heterocycles. The van der Waals surface area contributed by atoms with Gasteiger partial charge in [0.05, 0.1) is 17.4 Å². The highest BCUT2D eigenvalue weighted by Gasteiger charge is 2.35. The largest absolute Gasteiger partial charge is 0.393 e. The minimum Gasteiger partial charge on any atom is -0.393 e. The molecule has 2 aliphatic rings. The van der Waals surface area contributed by atoms with Crippen LogP contribution >= 0.6 is 0 Å². The van der Waals surface area contributed by atoms with Gasteiger partial charge in [-0.05, 0) is 55.4 Å². The van der Waals surface area contributed by atoms with Crippen molar-refractivity contribution in [1.82, 2.24) is 0 Å². The number of nitrogens with two attached hydrogens (primary N) is 1. The van der Waals surface area contributed by atoms with Crippen molar-refractivity contribution in [1.29, 1.82) is 0 Å². The van der Waals surface area contributed by atoms with Crippen LogP contribution in [0.1, 0.15) is 56.8 Å². The maximum Gasteiger partial charge on any atom is 0.250 e. The summed E-state index contributed by atoms with van der Waals surface area (Å²) in [6, 6.07) is 5.59. The Hall–Kier alpha value is -2.60. The summed E-state index contributed by atoms with van der Waals surface area (Å²) in [7, 11) is 1.95. The van der Waals surface area contributed by atoms with Crippen LogP contribution in [-0.4, -0.2) is 43.0 Å². The molecule has 1 amide bonds. The third kappa shape index (κ3) is 4.43. The van der Waals surface area contributed by atoms with Gasteiger partial charge in [0.15, 0.2) is 5.78 Å². The van der Waals surface area contributed by atoms with E-state index in [9.17, 15) is 14.7 Å². The summed E-state index contributed by atoms with van der Waals surface area (Å²) in [5, 5.41) is 9.85. The lowest BCUT2D eigenvalue weighted by atomic mass is 9.74. The second kappa shape index (κ2) is 8.26. The van der Waals surface area contributed by atoms with Gasteiger partial charge in [-0.1, -0.05) is 20.4 Å². The molecule has 0 saturated carbocycles. The SMILES string of the molecule is C=C(C)C1=C(N(C)c2ccc(C(N)=O)c(N3CCC(O)CC3)c2)CC(C)(C)CC1=O. The van der Waals surface area contributed by atoms with Crippen LogP contribution in [0.25, 0.3) is 0 Å². The van der Waals surface area contributed by atoms with Gasteiger partial charge in [0.25, 0.3) is 5.91 Å². The van der Waals surface area contributed by atoms with Crippen LogP contribution in [0.5, 0.6) is 0 Å². The molecule has 162 valence electrons. The Labute approximate surface area is 179 Å². The standard InChI is InChI=1S/C24H33N3O3/c1-15(2)22-20(13-24(3,4)14-21(22)29)26(5)16-6-7-18(23(25)30)19(12-16)27-10-8-17(28)9-11-27/h6-7,12,17,28H,1,8-11,13-14H2,2-5H3,(H2,25,30). The summed E-state index contributed by atoms with van der Waals surface area (Å²) >= 11 is 0. The molecule has 3 N–H and O–H groups in total. The number of amides is 1. The molecular formula is C24H33N3O3. The summed E-state index contributed by atoms with van der Waals surface area (Å²) in [5.74, 6) is -0.347. The minimum atomic E-state index is -0.471. The van der Waals surface area contributed by atoms with Crippen molar-refractivity contribution in [2.45, 2.75) is 52.6 Å². The first-order valence-corrected chi connectivity index (χ1v) is 10.5. The highest BCUT2D eigenvalue weighted by Crippen LogP contribution is 2.41. The van der Waals surface area contributed by atoms with E-state index in [1.165, 1.54) is 0 Å². The molecule has 1 heterocycles. The molecule has 3 rings (SSSR count). The average molecular weight is 412 g/mol. The molecule has 6 heteroatoms. The molecule has 30 heavy (non-hydrogen) atoms. The fraction of sp³-hybridized carbons (Fsp3) is 0.500. The number of carbonyl (C=O) groups is 2. The van der Waals surface area contributed by atoms with Gasteiger partial charge < -0.3 is 20.6 Å². The van der Waals surface area contributed by atoms with E-state index in [2.05, 4.69) is 25.3 Å². The van der Waals surface area contributed by atoms with E-state index >= 15 is 0 Å². The van der Waals surface area contributed by atoms with Crippen molar-refractivity contribution in [3.63, 3.8) is 0 Å². The van der Waals surface area contributed by atoms with Crippen molar-refractivity contribution in [3.8, 4) is 0 Å². The van der Waals surface area contributed by atoms with E-state index in [0.717, 1.165) is 29.1 Å². The first-order chi connectivity index (χ1) is 14.0. The van der Waals surface area contributed by atoms with E-state index in [1.807, 2.05) is 31.0 Å². The zero-order valence-corrected chi connectivity index (χ0v) is 18.5. The highest BCUT2D eigenvalue weighted by atomic mass is 16.3. The van der Waals surface area contributed by atoms with E-state index in [-0.39, 0.29) is 17.3 Å². The summed E-state index contributed by atoms with van der Waals surface area (Å²) in [6.07, 6.45) is 2.29. The Morgan fingerprint density at radius 1 is 1.27 bits per heavy atom. The van der Waals surface area contributed by atoms with E-state index in [0.29, 0.717) is 43.5 Å². The Balaban J connectivity index is 2.05. The van der Waals surface area contributed by atoms with Gasteiger partial charge in [0.1, 0.15) is 0 Å². The van der Waals surface area contributed by atoms with Crippen molar-refractivity contribution in [2.24, 2.45) is 11.1 Å². The zero-order valence-electron chi connectivity index (χ0n) is 18.5. The predicted molar refractivity (Wildman–Crippen MR) is 121 cm³/mol. The van der Waals surface area contributed by atoms with Gasteiger partial charge in [0.2, 0.25) is 0 Å². The Morgan fingerprint density at radius 3 is 2.47 bits per heavy atom. The minimum absolute atomic E-state index is 0.125. The maximum atomic E-state index is 12.8. The number of hydrogen-bond acceptors (Lipinski definition) is 5. The van der Waals surface area contributed by atoms with E-state index in [4.69, 9.17) is 5.73 Å².